The summed E-state index contributed by atoms with van der Waals surface area (Å²) in [5.41, 5.74) is -0.0580. The first-order chi connectivity index (χ1) is 7.50. The molecule has 1 aromatic rings. The fourth-order valence-electron chi connectivity index (χ4n) is 1.99. The molecule has 0 saturated carbocycles. The molecule has 0 aliphatic carbocycles. The Morgan fingerprint density at radius 2 is 1.88 bits per heavy atom. The Balaban J connectivity index is 3.03. The fourth-order valence-corrected chi connectivity index (χ4v) is 4.72. The molecule has 0 aliphatic heterocycles. The highest BCUT2D eigenvalue weighted by Gasteiger charge is 2.30. The van der Waals surface area contributed by atoms with Crippen molar-refractivity contribution in [3.63, 3.8) is 0 Å². The van der Waals surface area contributed by atoms with Crippen molar-refractivity contribution in [3.8, 4) is 0 Å². The van der Waals surface area contributed by atoms with E-state index in [4.69, 9.17) is 0 Å². The van der Waals surface area contributed by atoms with Crippen molar-refractivity contribution >= 4 is 18.2 Å². The zero-order valence-electron chi connectivity index (χ0n) is 10.1. The topological polar surface area (TPSA) is 34.1 Å². The summed E-state index contributed by atoms with van der Waals surface area (Å²) in [5.74, 6) is 0.108. The standard InChI is InChI=1S/C13H19O2P/c1-4-16(15,12(3)10-11(2)14)13-8-6-5-7-9-13/h5-9,12H,4,10H2,1-3H3. The smallest absolute Gasteiger partial charge is 0.130 e. The van der Waals surface area contributed by atoms with Crippen LogP contribution >= 0.6 is 7.14 Å². The van der Waals surface area contributed by atoms with E-state index >= 15 is 0 Å². The van der Waals surface area contributed by atoms with E-state index in [9.17, 15) is 9.36 Å². The van der Waals surface area contributed by atoms with Gasteiger partial charge in [-0.1, -0.05) is 44.2 Å². The molecule has 88 valence electrons. The first-order valence-electron chi connectivity index (χ1n) is 5.64. The van der Waals surface area contributed by atoms with Crippen molar-refractivity contribution in [1.82, 2.24) is 0 Å². The quantitative estimate of drug-likeness (QED) is 0.739. The summed E-state index contributed by atoms with van der Waals surface area (Å²) in [6.07, 6.45) is 1.02. The molecule has 3 heteroatoms. The first-order valence-corrected chi connectivity index (χ1v) is 7.60. The first kappa shape index (κ1) is 13.2. The lowest BCUT2D eigenvalue weighted by molar-refractivity contribution is -0.116. The largest absolute Gasteiger partial charge is 0.318 e. The van der Waals surface area contributed by atoms with Gasteiger partial charge in [0.25, 0.3) is 0 Å². The second-order valence-corrected chi connectivity index (χ2v) is 7.82. The Morgan fingerprint density at radius 3 is 2.31 bits per heavy atom. The van der Waals surface area contributed by atoms with Crippen LogP contribution in [-0.2, 0) is 9.36 Å². The Bertz CT molecular complexity index is 398. The third-order valence-electron chi connectivity index (χ3n) is 2.96. The normalized spacial score (nSPS) is 16.4. The average molecular weight is 238 g/mol. The van der Waals surface area contributed by atoms with Crippen LogP contribution in [0.4, 0.5) is 0 Å². The van der Waals surface area contributed by atoms with Crippen molar-refractivity contribution in [2.75, 3.05) is 6.16 Å². The van der Waals surface area contributed by atoms with Gasteiger partial charge in [0.2, 0.25) is 0 Å². The molecular formula is C13H19O2P. The summed E-state index contributed by atoms with van der Waals surface area (Å²) in [6.45, 7) is 5.41. The molecule has 0 aromatic heterocycles. The van der Waals surface area contributed by atoms with E-state index in [1.165, 1.54) is 0 Å². The summed E-state index contributed by atoms with van der Waals surface area (Å²) >= 11 is 0. The maximum Gasteiger partial charge on any atom is 0.130 e. The molecule has 1 aromatic carbocycles. The molecule has 2 unspecified atom stereocenters. The van der Waals surface area contributed by atoms with Crippen molar-refractivity contribution in [2.45, 2.75) is 32.9 Å². The monoisotopic (exact) mass is 238 g/mol. The lowest BCUT2D eigenvalue weighted by atomic mass is 10.2. The molecule has 0 heterocycles. The van der Waals surface area contributed by atoms with E-state index < -0.39 is 7.14 Å². The van der Waals surface area contributed by atoms with Gasteiger partial charge < -0.3 is 9.36 Å². The number of Topliss-reactive ketones (excluding diaryl/α,β-unsaturated/α-hetero) is 1. The van der Waals surface area contributed by atoms with Gasteiger partial charge in [-0.15, -0.1) is 0 Å². The minimum atomic E-state index is -2.42. The van der Waals surface area contributed by atoms with Crippen LogP contribution in [-0.4, -0.2) is 17.6 Å². The van der Waals surface area contributed by atoms with E-state index in [-0.39, 0.29) is 11.4 Å². The molecule has 0 spiro atoms. The fraction of sp³-hybridized carbons (Fsp3) is 0.462. The number of ketones is 1. The summed E-state index contributed by atoms with van der Waals surface area (Å²) in [5, 5.41) is 0.895. The van der Waals surface area contributed by atoms with E-state index in [0.29, 0.717) is 12.6 Å². The Morgan fingerprint density at radius 1 is 1.31 bits per heavy atom. The minimum Gasteiger partial charge on any atom is -0.318 e. The highest BCUT2D eigenvalue weighted by molar-refractivity contribution is 7.72. The zero-order chi connectivity index (χ0) is 12.2. The van der Waals surface area contributed by atoms with E-state index in [0.717, 1.165) is 5.30 Å². The van der Waals surface area contributed by atoms with Crippen LogP contribution in [0, 0.1) is 0 Å². The van der Waals surface area contributed by atoms with Crippen LogP contribution in [0.2, 0.25) is 0 Å². The number of carbonyl (C=O) groups excluding carboxylic acids is 1. The second kappa shape index (κ2) is 5.45. The maximum absolute atomic E-state index is 12.9. The third kappa shape index (κ3) is 2.82. The number of hydrogen-bond acceptors (Lipinski definition) is 2. The molecule has 2 nitrogen and oxygen atoms in total. The summed E-state index contributed by atoms with van der Waals surface area (Å²) in [7, 11) is -2.42. The molecule has 0 radical (unpaired) electrons. The zero-order valence-corrected chi connectivity index (χ0v) is 11.0. The molecule has 16 heavy (non-hydrogen) atoms. The summed E-state index contributed by atoms with van der Waals surface area (Å²) < 4.78 is 12.9. The lowest BCUT2D eigenvalue weighted by Gasteiger charge is -2.23. The van der Waals surface area contributed by atoms with E-state index in [1.54, 1.807) is 6.92 Å². The van der Waals surface area contributed by atoms with Crippen molar-refractivity contribution < 1.29 is 9.36 Å². The molecule has 1 rings (SSSR count). The van der Waals surface area contributed by atoms with Gasteiger partial charge in [0, 0.05) is 23.5 Å². The molecule has 0 fully saturated rings. The van der Waals surface area contributed by atoms with Crippen molar-refractivity contribution in [3.05, 3.63) is 30.3 Å². The van der Waals surface area contributed by atoms with Crippen LogP contribution in [0.1, 0.15) is 27.2 Å². The number of rotatable bonds is 5. The van der Waals surface area contributed by atoms with Gasteiger partial charge >= 0.3 is 0 Å². The molecule has 0 saturated heterocycles. The van der Waals surface area contributed by atoms with Gasteiger partial charge in [-0.3, -0.25) is 0 Å². The molecule has 0 N–H and O–H groups in total. The van der Waals surface area contributed by atoms with Crippen LogP contribution < -0.4 is 5.30 Å². The Labute approximate surface area is 97.4 Å². The van der Waals surface area contributed by atoms with Gasteiger partial charge in [0.1, 0.15) is 12.9 Å². The SMILES string of the molecule is CCP(=O)(c1ccccc1)C(C)CC(C)=O. The van der Waals surface area contributed by atoms with Crippen LogP contribution in [0.25, 0.3) is 0 Å². The van der Waals surface area contributed by atoms with Crippen molar-refractivity contribution in [1.29, 1.82) is 0 Å². The predicted octanol–water partition coefficient (Wildman–Crippen LogP) is 3.06. The Kier molecular flexibility index (Phi) is 4.49. The summed E-state index contributed by atoms with van der Waals surface area (Å²) in [6, 6.07) is 9.53. The summed E-state index contributed by atoms with van der Waals surface area (Å²) in [4.78, 5) is 11.1. The molecular weight excluding hydrogens is 219 g/mol. The minimum absolute atomic E-state index is 0.0580. The highest BCUT2D eigenvalue weighted by atomic mass is 31.2. The predicted molar refractivity (Wildman–Crippen MR) is 69.0 cm³/mol. The lowest BCUT2D eigenvalue weighted by Crippen LogP contribution is -2.18. The average Bonchev–Trinajstić information content (AvgIpc) is 2.28. The van der Waals surface area contributed by atoms with Gasteiger partial charge in [-0.05, 0) is 6.92 Å². The van der Waals surface area contributed by atoms with E-state index in [1.807, 2.05) is 44.2 Å². The van der Waals surface area contributed by atoms with Gasteiger partial charge in [-0.2, -0.15) is 0 Å². The molecule has 2 atom stereocenters. The van der Waals surface area contributed by atoms with Crippen LogP contribution in [0.5, 0.6) is 0 Å². The second-order valence-electron chi connectivity index (χ2n) is 4.20. The van der Waals surface area contributed by atoms with Crippen molar-refractivity contribution in [2.24, 2.45) is 0 Å². The number of benzene rings is 1. The number of carbonyl (C=O) groups is 1. The molecule has 0 aliphatic rings. The van der Waals surface area contributed by atoms with Crippen LogP contribution in [0.15, 0.2) is 30.3 Å². The Hall–Kier alpha value is -0.880. The van der Waals surface area contributed by atoms with Gasteiger partial charge in [-0.25, -0.2) is 0 Å². The number of hydrogen-bond donors (Lipinski definition) is 0. The molecule has 0 bridgehead atoms. The molecule has 0 amide bonds. The highest BCUT2D eigenvalue weighted by Crippen LogP contribution is 2.50. The van der Waals surface area contributed by atoms with Gasteiger partial charge in [0.15, 0.2) is 0 Å². The third-order valence-corrected chi connectivity index (χ3v) is 6.68. The van der Waals surface area contributed by atoms with E-state index in [2.05, 4.69) is 0 Å². The van der Waals surface area contributed by atoms with Gasteiger partial charge in [0.05, 0.1) is 0 Å². The van der Waals surface area contributed by atoms with Crippen LogP contribution in [0.3, 0.4) is 0 Å². The maximum atomic E-state index is 12.9.